The zero-order valence-corrected chi connectivity index (χ0v) is 47.9. The summed E-state index contributed by atoms with van der Waals surface area (Å²) in [6.45, 7) is 33.2. The van der Waals surface area contributed by atoms with E-state index in [1.807, 2.05) is 0 Å². The Kier molecular flexibility index (Phi) is 27.6. The molecule has 11 nitrogen and oxygen atoms in total. The van der Waals surface area contributed by atoms with Gasteiger partial charge in [0.2, 0.25) is 0 Å². The molecule has 61 heavy (non-hydrogen) atoms. The van der Waals surface area contributed by atoms with Crippen LogP contribution in [0.2, 0.25) is 54.4 Å². The Hall–Kier alpha value is 0.531. The molecule has 0 amide bonds. The first kappa shape index (κ1) is 61.5. The average Bonchev–Trinajstić information content (AvgIpc) is 3.08. The van der Waals surface area contributed by atoms with Crippen molar-refractivity contribution < 1.29 is 79.9 Å². The molecule has 16 heteroatoms. The third-order valence-electron chi connectivity index (χ3n) is 13.2. The van der Waals surface area contributed by atoms with Crippen LogP contribution in [0.15, 0.2) is 12.2 Å². The standard InChI is InChI=1S/C45H92O11SSi3.Na/c1-17-18-19-20-21-22-23-24-25-26-27-28-29-30-31-32-38(47)51-33-36(46)34-52-42-41(56-60(15,16)45(8,9)10)40(55-59(13,14)44(5,6)7)39(37(53-42)35-57(48,49)50)54-58(11,12)43(2,3)4;/h24-25,36-37,39-42,46H,17-23,26-35H2,1-16H3,(H,48,49,50);/q;+1/p-1/b25-24-;/t36?,37-,39-,40+,41-,42+;/m1./s1. The predicted molar refractivity (Wildman–Crippen MR) is 252 cm³/mol. The van der Waals surface area contributed by atoms with Crippen LogP contribution in [0.4, 0.5) is 0 Å². The monoisotopic (exact) mass is 947 g/mol. The second kappa shape index (κ2) is 27.4. The quantitative estimate of drug-likeness (QED) is 0.0265. The Morgan fingerprint density at radius 2 is 1.08 bits per heavy atom. The number of carbonyl (C=O) groups excluding carboxylic acids is 1. The number of carbonyl (C=O) groups is 1. The summed E-state index contributed by atoms with van der Waals surface area (Å²) >= 11 is 0. The van der Waals surface area contributed by atoms with Crippen molar-refractivity contribution in [3.8, 4) is 0 Å². The van der Waals surface area contributed by atoms with E-state index in [0.29, 0.717) is 0 Å². The van der Waals surface area contributed by atoms with Crippen LogP contribution >= 0.6 is 0 Å². The number of aliphatic hydroxyl groups excluding tert-OH is 1. The summed E-state index contributed by atoms with van der Waals surface area (Å²) in [7, 11) is -12.6. The molecule has 0 spiro atoms. The van der Waals surface area contributed by atoms with Gasteiger partial charge in [-0.25, -0.2) is 8.42 Å². The Bertz CT molecular complexity index is 1370. The minimum Gasteiger partial charge on any atom is -0.748 e. The van der Waals surface area contributed by atoms with E-state index < -0.39 is 77.6 Å². The topological polar surface area (TPSA) is 150 Å². The maximum Gasteiger partial charge on any atom is 1.00 e. The molecule has 0 aromatic carbocycles. The van der Waals surface area contributed by atoms with Crippen molar-refractivity contribution in [1.82, 2.24) is 0 Å². The molecule has 0 radical (unpaired) electrons. The molecule has 356 valence electrons. The summed E-state index contributed by atoms with van der Waals surface area (Å²) in [6.07, 6.45) is 13.7. The summed E-state index contributed by atoms with van der Waals surface area (Å²) in [5, 5.41) is 10.3. The van der Waals surface area contributed by atoms with Crippen LogP contribution in [-0.4, -0.2) is 105 Å². The minimum absolute atomic E-state index is 0. The molecule has 0 saturated carbocycles. The molecular weight excluding hydrogens is 856 g/mol. The second-order valence-electron chi connectivity index (χ2n) is 21.8. The van der Waals surface area contributed by atoms with Crippen LogP contribution in [0.1, 0.15) is 159 Å². The van der Waals surface area contributed by atoms with E-state index in [0.717, 1.165) is 38.5 Å². The number of ether oxygens (including phenoxy) is 3. The first-order valence-electron chi connectivity index (χ1n) is 23.1. The Balaban J connectivity index is 0.0000360. The summed E-state index contributed by atoms with van der Waals surface area (Å²) in [6, 6.07) is 0. The van der Waals surface area contributed by atoms with Gasteiger partial charge in [0.1, 0.15) is 31.0 Å². The number of allylic oxidation sites excluding steroid dienone is 2. The van der Waals surface area contributed by atoms with E-state index in [-0.39, 0.29) is 70.3 Å². The number of esters is 1. The normalized spacial score (nSPS) is 21.7. The molecule has 0 aromatic rings. The van der Waals surface area contributed by atoms with Gasteiger partial charge in [0, 0.05) is 6.42 Å². The van der Waals surface area contributed by atoms with Crippen LogP contribution in [0.3, 0.4) is 0 Å². The molecule has 1 aliphatic heterocycles. The number of aliphatic hydroxyl groups is 1. The largest absolute Gasteiger partial charge is 1.00 e. The second-order valence-corrected chi connectivity index (χ2v) is 37.5. The van der Waals surface area contributed by atoms with Gasteiger partial charge in [-0.2, -0.15) is 0 Å². The zero-order chi connectivity index (χ0) is 46.2. The van der Waals surface area contributed by atoms with E-state index in [4.69, 9.17) is 27.5 Å². The van der Waals surface area contributed by atoms with Gasteiger partial charge >= 0.3 is 35.5 Å². The molecule has 1 fully saturated rings. The molecule has 0 aromatic heterocycles. The maximum atomic E-state index is 12.6. The zero-order valence-electron chi connectivity index (χ0n) is 42.1. The summed E-state index contributed by atoms with van der Waals surface area (Å²) in [5.74, 6) is -1.23. The fraction of sp³-hybridized carbons (Fsp3) is 0.933. The van der Waals surface area contributed by atoms with Crippen molar-refractivity contribution in [2.24, 2.45) is 0 Å². The van der Waals surface area contributed by atoms with Gasteiger partial charge in [0.15, 0.2) is 31.2 Å². The van der Waals surface area contributed by atoms with Crippen LogP contribution in [0.5, 0.6) is 0 Å². The van der Waals surface area contributed by atoms with E-state index >= 15 is 0 Å². The fourth-order valence-electron chi connectivity index (χ4n) is 6.16. The van der Waals surface area contributed by atoms with Crippen molar-refractivity contribution in [1.29, 1.82) is 0 Å². The van der Waals surface area contributed by atoms with Gasteiger partial charge < -0.3 is 37.1 Å². The fourth-order valence-corrected chi connectivity index (χ4v) is 10.7. The predicted octanol–water partition coefficient (Wildman–Crippen LogP) is 8.39. The Morgan fingerprint density at radius 3 is 1.52 bits per heavy atom. The maximum absolute atomic E-state index is 12.6. The molecular formula is C45H91NaO11SSi3. The molecule has 1 heterocycles. The Morgan fingerprint density at radius 1 is 0.672 bits per heavy atom. The first-order chi connectivity index (χ1) is 27.4. The van der Waals surface area contributed by atoms with Crippen molar-refractivity contribution in [3.63, 3.8) is 0 Å². The summed E-state index contributed by atoms with van der Waals surface area (Å²) < 4.78 is 76.9. The van der Waals surface area contributed by atoms with Crippen molar-refractivity contribution >= 4 is 41.0 Å². The van der Waals surface area contributed by atoms with Crippen molar-refractivity contribution in [2.75, 3.05) is 19.0 Å². The molecule has 1 aliphatic rings. The van der Waals surface area contributed by atoms with Crippen LogP contribution < -0.4 is 29.6 Å². The van der Waals surface area contributed by atoms with Gasteiger partial charge in [-0.1, -0.05) is 133 Å². The molecule has 0 bridgehead atoms. The molecule has 1 N–H and O–H groups in total. The van der Waals surface area contributed by atoms with Crippen LogP contribution in [0, 0.1) is 0 Å². The molecule has 0 aliphatic carbocycles. The van der Waals surface area contributed by atoms with Gasteiger partial charge in [-0.05, 0) is 86.5 Å². The third-order valence-corrected chi connectivity index (χ3v) is 27.4. The van der Waals surface area contributed by atoms with E-state index in [2.05, 4.69) is 121 Å². The third kappa shape index (κ3) is 23.2. The van der Waals surface area contributed by atoms with E-state index in [9.17, 15) is 22.9 Å². The van der Waals surface area contributed by atoms with Crippen LogP contribution in [-0.2, 0) is 42.4 Å². The SMILES string of the molecule is CCCCCCCC/C=C\CCCCCCCC(=O)OCC(O)CO[C@H]1O[C@H](CS(=O)(=O)[O-])[C@@H](O[Si](C)(C)C(C)(C)C)[C@H](O[Si](C)(C)C(C)(C)C)[C@H]1O[Si](C)(C)C(C)(C)C.[Na+]. The van der Waals surface area contributed by atoms with Crippen LogP contribution in [0.25, 0.3) is 0 Å². The first-order valence-corrected chi connectivity index (χ1v) is 33.4. The van der Waals surface area contributed by atoms with Gasteiger partial charge in [-0.15, -0.1) is 0 Å². The summed E-state index contributed by atoms with van der Waals surface area (Å²) in [4.78, 5) is 12.6. The van der Waals surface area contributed by atoms with Gasteiger partial charge in [0.25, 0.3) is 0 Å². The smallest absolute Gasteiger partial charge is 0.748 e. The molecule has 1 rings (SSSR count). The van der Waals surface area contributed by atoms with Gasteiger partial charge in [-0.3, -0.25) is 4.79 Å². The van der Waals surface area contributed by atoms with Gasteiger partial charge in [0.05, 0.1) is 28.6 Å². The van der Waals surface area contributed by atoms with Crippen molar-refractivity contribution in [3.05, 3.63) is 12.2 Å². The minimum atomic E-state index is -4.80. The number of hydrogen-bond acceptors (Lipinski definition) is 11. The molecule has 6 atom stereocenters. The van der Waals surface area contributed by atoms with E-state index in [1.54, 1.807) is 0 Å². The number of hydrogen-bond donors (Lipinski definition) is 1. The average molecular weight is 948 g/mol. The summed E-state index contributed by atoms with van der Waals surface area (Å²) in [5.41, 5.74) is 0. The van der Waals surface area contributed by atoms with E-state index in [1.165, 1.54) is 44.9 Å². The van der Waals surface area contributed by atoms with Crippen molar-refractivity contribution in [2.45, 2.75) is 250 Å². The molecule has 1 saturated heterocycles. The molecule has 1 unspecified atom stereocenters. The number of rotatable bonds is 28. The Labute approximate surface area is 399 Å². The number of unbranched alkanes of at least 4 members (excludes halogenated alkanes) is 11.